The zero-order valence-corrected chi connectivity index (χ0v) is 13.7. The van der Waals surface area contributed by atoms with Gasteiger partial charge in [0.15, 0.2) is 0 Å². The normalized spacial score (nSPS) is 10.6. The zero-order valence-electron chi connectivity index (χ0n) is 13.7. The number of carbonyl (C=O) groups excluding carboxylic acids is 1. The molecule has 0 aliphatic carbocycles. The number of amides is 1. The number of aryl methyl sites for hydroxylation is 1. The maximum absolute atomic E-state index is 12.2. The third kappa shape index (κ3) is 4.62. The van der Waals surface area contributed by atoms with Gasteiger partial charge in [0.2, 0.25) is 0 Å². The van der Waals surface area contributed by atoms with Crippen molar-refractivity contribution < 1.29 is 9.53 Å². The molecule has 0 aliphatic heterocycles. The summed E-state index contributed by atoms with van der Waals surface area (Å²) >= 11 is 0. The van der Waals surface area contributed by atoms with Gasteiger partial charge in [-0.15, -0.1) is 0 Å². The van der Waals surface area contributed by atoms with Crippen LogP contribution in [0.15, 0.2) is 60.3 Å². The number of nitriles is 1. The Bertz CT molecular complexity index is 791. The number of benzene rings is 2. The molecule has 5 heteroatoms. The fourth-order valence-corrected chi connectivity index (χ4v) is 2.09. The fraction of sp³-hybridized carbons (Fsp3) is 0.158. The average Bonchev–Trinajstić information content (AvgIpc) is 2.57. The summed E-state index contributed by atoms with van der Waals surface area (Å²) in [5.74, 6) is 0.192. The second-order valence-electron chi connectivity index (χ2n) is 5.07. The lowest BCUT2D eigenvalue weighted by atomic mass is 10.2. The van der Waals surface area contributed by atoms with Crippen LogP contribution in [-0.2, 0) is 4.79 Å². The van der Waals surface area contributed by atoms with E-state index in [0.717, 1.165) is 5.56 Å². The first-order chi connectivity index (χ1) is 11.6. The Morgan fingerprint density at radius 3 is 2.75 bits per heavy atom. The van der Waals surface area contributed by atoms with Crippen LogP contribution in [0, 0.1) is 18.3 Å². The number of anilines is 2. The zero-order chi connectivity index (χ0) is 17.4. The second-order valence-corrected chi connectivity index (χ2v) is 5.07. The molecular weight excluding hydrogens is 302 g/mol. The molecule has 0 atom stereocenters. The summed E-state index contributed by atoms with van der Waals surface area (Å²) in [5, 5.41) is 14.9. The van der Waals surface area contributed by atoms with Crippen LogP contribution in [-0.4, -0.2) is 12.5 Å². The fourth-order valence-electron chi connectivity index (χ4n) is 2.09. The van der Waals surface area contributed by atoms with E-state index in [0.29, 0.717) is 23.7 Å². The van der Waals surface area contributed by atoms with Gasteiger partial charge in [-0.3, -0.25) is 4.79 Å². The van der Waals surface area contributed by atoms with Gasteiger partial charge in [0.25, 0.3) is 5.91 Å². The van der Waals surface area contributed by atoms with Crippen LogP contribution in [0.2, 0.25) is 0 Å². The molecule has 0 spiro atoms. The number of nitrogens with one attached hydrogen (secondary N) is 2. The van der Waals surface area contributed by atoms with Crippen molar-refractivity contribution in [1.29, 1.82) is 5.26 Å². The van der Waals surface area contributed by atoms with Crippen molar-refractivity contribution in [3.63, 3.8) is 0 Å². The van der Waals surface area contributed by atoms with E-state index in [-0.39, 0.29) is 5.57 Å². The number of hydrogen-bond acceptors (Lipinski definition) is 4. The number of ether oxygens (including phenoxy) is 1. The van der Waals surface area contributed by atoms with Gasteiger partial charge in [-0.25, -0.2) is 0 Å². The summed E-state index contributed by atoms with van der Waals surface area (Å²) in [7, 11) is 0. The van der Waals surface area contributed by atoms with E-state index in [2.05, 4.69) is 10.6 Å². The average molecular weight is 321 g/mol. The summed E-state index contributed by atoms with van der Waals surface area (Å²) < 4.78 is 5.50. The maximum atomic E-state index is 12.2. The Labute approximate surface area is 141 Å². The van der Waals surface area contributed by atoms with E-state index in [1.807, 2.05) is 62.4 Å². The number of para-hydroxylation sites is 2. The highest BCUT2D eigenvalue weighted by atomic mass is 16.5. The predicted octanol–water partition coefficient (Wildman–Crippen LogP) is 3.85. The highest BCUT2D eigenvalue weighted by Gasteiger charge is 2.10. The quantitative estimate of drug-likeness (QED) is 0.626. The van der Waals surface area contributed by atoms with Crippen LogP contribution in [0.25, 0.3) is 0 Å². The molecule has 122 valence electrons. The molecule has 0 radical (unpaired) electrons. The molecule has 0 aromatic heterocycles. The molecule has 1 amide bonds. The summed E-state index contributed by atoms with van der Waals surface area (Å²) in [6, 6.07) is 16.6. The van der Waals surface area contributed by atoms with Gasteiger partial charge in [-0.1, -0.05) is 24.3 Å². The Morgan fingerprint density at radius 2 is 2.04 bits per heavy atom. The first kappa shape index (κ1) is 17.1. The van der Waals surface area contributed by atoms with Crippen molar-refractivity contribution in [3.8, 4) is 11.8 Å². The SMILES string of the molecule is CCOc1ccccc1N/C=C(/C#N)C(=O)Nc1cccc(C)c1. The highest BCUT2D eigenvalue weighted by molar-refractivity contribution is 6.06. The molecule has 0 unspecified atom stereocenters. The smallest absolute Gasteiger partial charge is 0.267 e. The van der Waals surface area contributed by atoms with Crippen molar-refractivity contribution >= 4 is 17.3 Å². The van der Waals surface area contributed by atoms with E-state index in [9.17, 15) is 10.1 Å². The molecule has 2 aromatic carbocycles. The Morgan fingerprint density at radius 1 is 1.25 bits per heavy atom. The predicted molar refractivity (Wildman–Crippen MR) is 94.7 cm³/mol. The minimum Gasteiger partial charge on any atom is -0.492 e. The lowest BCUT2D eigenvalue weighted by Gasteiger charge is -2.10. The van der Waals surface area contributed by atoms with E-state index in [4.69, 9.17) is 4.74 Å². The third-order valence-electron chi connectivity index (χ3n) is 3.20. The van der Waals surface area contributed by atoms with Gasteiger partial charge in [-0.05, 0) is 43.7 Å². The maximum Gasteiger partial charge on any atom is 0.267 e. The van der Waals surface area contributed by atoms with Crippen molar-refractivity contribution in [2.75, 3.05) is 17.2 Å². The van der Waals surface area contributed by atoms with Crippen molar-refractivity contribution in [3.05, 3.63) is 65.9 Å². The first-order valence-corrected chi connectivity index (χ1v) is 7.60. The van der Waals surface area contributed by atoms with Crippen LogP contribution < -0.4 is 15.4 Å². The molecule has 0 heterocycles. The largest absolute Gasteiger partial charge is 0.492 e. The Balaban J connectivity index is 2.12. The summed E-state index contributed by atoms with van der Waals surface area (Å²) in [4.78, 5) is 12.2. The van der Waals surface area contributed by atoms with Crippen molar-refractivity contribution in [1.82, 2.24) is 0 Å². The first-order valence-electron chi connectivity index (χ1n) is 7.60. The minimum absolute atomic E-state index is 0.0252. The second kappa shape index (κ2) is 8.39. The molecule has 0 saturated heterocycles. The highest BCUT2D eigenvalue weighted by Crippen LogP contribution is 2.23. The van der Waals surface area contributed by atoms with Gasteiger partial charge in [-0.2, -0.15) is 5.26 Å². The summed E-state index contributed by atoms with van der Waals surface area (Å²) in [5.41, 5.74) is 2.34. The summed E-state index contributed by atoms with van der Waals surface area (Å²) in [6.07, 6.45) is 1.38. The van der Waals surface area contributed by atoms with Crippen molar-refractivity contribution in [2.24, 2.45) is 0 Å². The van der Waals surface area contributed by atoms with Crippen LogP contribution in [0.3, 0.4) is 0 Å². The van der Waals surface area contributed by atoms with Crippen LogP contribution in [0.4, 0.5) is 11.4 Å². The molecule has 2 N–H and O–H groups in total. The molecule has 2 aromatic rings. The lowest BCUT2D eigenvalue weighted by Crippen LogP contribution is -2.14. The summed E-state index contributed by atoms with van der Waals surface area (Å²) in [6.45, 7) is 4.35. The number of hydrogen-bond donors (Lipinski definition) is 2. The van der Waals surface area contributed by atoms with Gasteiger partial charge in [0, 0.05) is 11.9 Å². The van der Waals surface area contributed by atoms with Gasteiger partial charge < -0.3 is 15.4 Å². The molecule has 0 aliphatic rings. The molecular formula is C19H19N3O2. The standard InChI is InChI=1S/C19H19N3O2/c1-3-24-18-10-5-4-9-17(18)21-13-15(12-20)19(23)22-16-8-6-7-14(2)11-16/h4-11,13,21H,3H2,1-2H3,(H,22,23)/b15-13-. The molecule has 5 nitrogen and oxygen atoms in total. The van der Waals surface area contributed by atoms with E-state index in [1.54, 1.807) is 6.07 Å². The number of nitrogens with zero attached hydrogens (tertiary/aromatic N) is 1. The van der Waals surface area contributed by atoms with Crippen LogP contribution in [0.5, 0.6) is 5.75 Å². The lowest BCUT2D eigenvalue weighted by molar-refractivity contribution is -0.112. The van der Waals surface area contributed by atoms with Crippen LogP contribution >= 0.6 is 0 Å². The Kier molecular flexibility index (Phi) is 5.98. The number of rotatable bonds is 6. The molecule has 0 fully saturated rings. The van der Waals surface area contributed by atoms with E-state index < -0.39 is 5.91 Å². The van der Waals surface area contributed by atoms with Crippen LogP contribution in [0.1, 0.15) is 12.5 Å². The third-order valence-corrected chi connectivity index (χ3v) is 3.20. The van der Waals surface area contributed by atoms with E-state index in [1.165, 1.54) is 6.20 Å². The molecule has 0 bridgehead atoms. The Hall–Kier alpha value is -3.26. The molecule has 24 heavy (non-hydrogen) atoms. The van der Waals surface area contributed by atoms with E-state index >= 15 is 0 Å². The number of carbonyl (C=O) groups is 1. The topological polar surface area (TPSA) is 74.1 Å². The monoisotopic (exact) mass is 321 g/mol. The molecule has 2 rings (SSSR count). The minimum atomic E-state index is -0.468. The van der Waals surface area contributed by atoms with Gasteiger partial charge in [0.1, 0.15) is 17.4 Å². The van der Waals surface area contributed by atoms with Gasteiger partial charge >= 0.3 is 0 Å². The molecule has 0 saturated carbocycles. The van der Waals surface area contributed by atoms with Crippen molar-refractivity contribution in [2.45, 2.75) is 13.8 Å². The van der Waals surface area contributed by atoms with Gasteiger partial charge in [0.05, 0.1) is 12.3 Å².